The molecule has 0 atom stereocenters. The highest BCUT2D eigenvalue weighted by Crippen LogP contribution is 2.31. The number of methoxy groups -OCH3 is 1. The van der Waals surface area contributed by atoms with Crippen molar-refractivity contribution in [2.45, 2.75) is 13.2 Å². The Morgan fingerprint density at radius 3 is 2.33 bits per heavy atom. The van der Waals surface area contributed by atoms with Crippen molar-refractivity contribution in [3.05, 3.63) is 124 Å². The summed E-state index contributed by atoms with van der Waals surface area (Å²) >= 11 is 7.22. The average Bonchev–Trinajstić information content (AvgIpc) is 3.31. The summed E-state index contributed by atoms with van der Waals surface area (Å²) in [5.41, 5.74) is 3.65. The molecule has 4 aromatic carbocycles. The average molecular weight is 557 g/mol. The zero-order valence-corrected chi connectivity index (χ0v) is 22.7. The number of hydrogen-bond donors (Lipinski definition) is 1. The molecule has 0 spiro atoms. The number of nitrogens with zero attached hydrogens (tertiary/aromatic N) is 1. The van der Waals surface area contributed by atoms with Gasteiger partial charge in [-0.25, -0.2) is 4.99 Å². The number of aliphatic imine (C=N–C) groups is 1. The van der Waals surface area contributed by atoms with E-state index in [1.54, 1.807) is 31.4 Å². The summed E-state index contributed by atoms with van der Waals surface area (Å²) < 4.78 is 17.4. The molecular formula is C31H25ClN2O4S. The second-order valence-electron chi connectivity index (χ2n) is 8.58. The maximum Gasteiger partial charge on any atom is 0.264 e. The number of halogens is 1. The predicted molar refractivity (Wildman–Crippen MR) is 157 cm³/mol. The highest BCUT2D eigenvalue weighted by atomic mass is 35.5. The number of amidine groups is 1. The van der Waals surface area contributed by atoms with Gasteiger partial charge in [0.25, 0.3) is 5.91 Å². The van der Waals surface area contributed by atoms with Crippen molar-refractivity contribution in [1.29, 1.82) is 0 Å². The van der Waals surface area contributed by atoms with Crippen molar-refractivity contribution >= 4 is 46.2 Å². The van der Waals surface area contributed by atoms with E-state index in [-0.39, 0.29) is 5.91 Å². The van der Waals surface area contributed by atoms with Crippen LogP contribution in [0.25, 0.3) is 6.08 Å². The molecule has 1 amide bonds. The molecule has 0 unspecified atom stereocenters. The summed E-state index contributed by atoms with van der Waals surface area (Å²) in [6.07, 6.45) is 1.83. The van der Waals surface area contributed by atoms with E-state index in [0.717, 1.165) is 22.4 Å². The first kappa shape index (κ1) is 26.4. The third kappa shape index (κ3) is 7.22. The SMILES string of the molecule is COc1cc(COc2ccc(/C=C3/SC(=Nc4ccc(Cl)cc4)NC3=O)cc2)ccc1OCc1ccccc1. The van der Waals surface area contributed by atoms with Gasteiger partial charge in [0.1, 0.15) is 19.0 Å². The van der Waals surface area contributed by atoms with E-state index in [0.29, 0.717) is 45.6 Å². The summed E-state index contributed by atoms with van der Waals surface area (Å²) in [6, 6.07) is 30.4. The largest absolute Gasteiger partial charge is 0.493 e. The molecule has 0 aliphatic carbocycles. The van der Waals surface area contributed by atoms with Gasteiger partial charge in [0.05, 0.1) is 17.7 Å². The molecule has 0 radical (unpaired) electrons. The van der Waals surface area contributed by atoms with Crippen LogP contribution in [0.15, 0.2) is 107 Å². The minimum atomic E-state index is -0.182. The maximum atomic E-state index is 12.4. The van der Waals surface area contributed by atoms with Gasteiger partial charge in [0, 0.05) is 5.02 Å². The molecule has 1 N–H and O–H groups in total. The molecule has 196 valence electrons. The van der Waals surface area contributed by atoms with Crippen molar-refractivity contribution in [3.8, 4) is 17.2 Å². The van der Waals surface area contributed by atoms with E-state index in [1.165, 1.54) is 11.8 Å². The Labute approximate surface area is 236 Å². The maximum absolute atomic E-state index is 12.4. The van der Waals surface area contributed by atoms with E-state index in [4.69, 9.17) is 25.8 Å². The molecule has 8 heteroatoms. The number of carbonyl (C=O) groups excluding carboxylic acids is 1. The molecule has 1 aliphatic heterocycles. The van der Waals surface area contributed by atoms with Crippen LogP contribution in [-0.2, 0) is 18.0 Å². The van der Waals surface area contributed by atoms with Gasteiger partial charge in [-0.2, -0.15) is 0 Å². The van der Waals surface area contributed by atoms with Crippen molar-refractivity contribution in [2.75, 3.05) is 7.11 Å². The van der Waals surface area contributed by atoms with E-state index in [2.05, 4.69) is 10.3 Å². The number of hydrogen-bond acceptors (Lipinski definition) is 6. The van der Waals surface area contributed by atoms with E-state index >= 15 is 0 Å². The standard InChI is InChI=1S/C31H25ClN2O4S/c1-36-28-17-23(9-16-27(28)38-19-22-5-3-2-4-6-22)20-37-26-14-7-21(8-15-26)18-29-30(35)34-31(39-29)33-25-12-10-24(32)11-13-25/h2-18H,19-20H2,1H3,(H,33,34,35)/b29-18+. The van der Waals surface area contributed by atoms with Crippen LogP contribution < -0.4 is 19.5 Å². The molecule has 1 saturated heterocycles. The van der Waals surface area contributed by atoms with Crippen LogP contribution in [0.4, 0.5) is 5.69 Å². The number of amides is 1. The van der Waals surface area contributed by atoms with E-state index < -0.39 is 0 Å². The Morgan fingerprint density at radius 2 is 1.59 bits per heavy atom. The third-order valence-electron chi connectivity index (χ3n) is 5.76. The van der Waals surface area contributed by atoms with Crippen molar-refractivity contribution in [2.24, 2.45) is 4.99 Å². The molecule has 0 aromatic heterocycles. The number of nitrogens with one attached hydrogen (secondary N) is 1. The fraction of sp³-hybridized carbons (Fsp3) is 0.0968. The summed E-state index contributed by atoms with van der Waals surface area (Å²) in [5, 5.41) is 3.96. The summed E-state index contributed by atoms with van der Waals surface area (Å²) in [6.45, 7) is 0.838. The fourth-order valence-electron chi connectivity index (χ4n) is 3.75. The van der Waals surface area contributed by atoms with Crippen LogP contribution in [-0.4, -0.2) is 18.2 Å². The number of thioether (sulfide) groups is 1. The smallest absolute Gasteiger partial charge is 0.264 e. The van der Waals surface area contributed by atoms with Crippen LogP contribution >= 0.6 is 23.4 Å². The van der Waals surface area contributed by atoms with Gasteiger partial charge in [-0.1, -0.05) is 60.1 Å². The minimum Gasteiger partial charge on any atom is -0.493 e. The van der Waals surface area contributed by atoms with Crippen molar-refractivity contribution < 1.29 is 19.0 Å². The van der Waals surface area contributed by atoms with E-state index in [9.17, 15) is 4.79 Å². The van der Waals surface area contributed by atoms with Gasteiger partial charge in [-0.05, 0) is 83.1 Å². The summed E-state index contributed by atoms with van der Waals surface area (Å²) in [7, 11) is 1.62. The monoisotopic (exact) mass is 556 g/mol. The Hall–Kier alpha value is -4.20. The second-order valence-corrected chi connectivity index (χ2v) is 10.0. The molecule has 5 rings (SSSR count). The summed E-state index contributed by atoms with van der Waals surface area (Å²) in [5.74, 6) is 1.87. The van der Waals surface area contributed by atoms with Gasteiger partial charge < -0.3 is 19.5 Å². The first-order valence-electron chi connectivity index (χ1n) is 12.2. The zero-order valence-electron chi connectivity index (χ0n) is 21.1. The molecular weight excluding hydrogens is 532 g/mol. The normalized spacial score (nSPS) is 14.9. The van der Waals surface area contributed by atoms with Gasteiger partial charge in [0.2, 0.25) is 0 Å². The van der Waals surface area contributed by atoms with Crippen LogP contribution in [0.2, 0.25) is 5.02 Å². The zero-order chi connectivity index (χ0) is 27.0. The molecule has 0 saturated carbocycles. The lowest BCUT2D eigenvalue weighted by Gasteiger charge is -2.13. The number of ether oxygens (including phenoxy) is 3. The van der Waals surface area contributed by atoms with E-state index in [1.807, 2.05) is 78.9 Å². The highest BCUT2D eigenvalue weighted by molar-refractivity contribution is 8.18. The predicted octanol–water partition coefficient (Wildman–Crippen LogP) is 7.40. The number of benzene rings is 4. The van der Waals surface area contributed by atoms with Crippen LogP contribution in [0.1, 0.15) is 16.7 Å². The summed E-state index contributed by atoms with van der Waals surface area (Å²) in [4.78, 5) is 17.4. The van der Waals surface area contributed by atoms with Gasteiger partial charge in [-0.3, -0.25) is 4.79 Å². The molecule has 1 heterocycles. The lowest BCUT2D eigenvalue weighted by atomic mass is 10.2. The van der Waals surface area contributed by atoms with Crippen molar-refractivity contribution in [3.63, 3.8) is 0 Å². The van der Waals surface area contributed by atoms with Crippen LogP contribution in [0.3, 0.4) is 0 Å². The number of rotatable bonds is 9. The first-order chi connectivity index (χ1) is 19.1. The topological polar surface area (TPSA) is 69.2 Å². The number of carbonyl (C=O) groups is 1. The first-order valence-corrected chi connectivity index (χ1v) is 13.4. The Bertz CT molecular complexity index is 1500. The molecule has 39 heavy (non-hydrogen) atoms. The van der Waals surface area contributed by atoms with Gasteiger partial charge in [-0.15, -0.1) is 0 Å². The molecule has 0 bridgehead atoms. The molecule has 6 nitrogen and oxygen atoms in total. The Balaban J connectivity index is 1.17. The van der Waals surface area contributed by atoms with Crippen LogP contribution in [0.5, 0.6) is 17.2 Å². The lowest BCUT2D eigenvalue weighted by molar-refractivity contribution is -0.115. The van der Waals surface area contributed by atoms with Gasteiger partial charge in [0.15, 0.2) is 16.7 Å². The molecule has 4 aromatic rings. The Kier molecular flexibility index (Phi) is 8.51. The minimum absolute atomic E-state index is 0.182. The molecule has 1 aliphatic rings. The van der Waals surface area contributed by atoms with Crippen molar-refractivity contribution in [1.82, 2.24) is 5.32 Å². The Morgan fingerprint density at radius 1 is 0.846 bits per heavy atom. The quantitative estimate of drug-likeness (QED) is 0.218. The fourth-order valence-corrected chi connectivity index (χ4v) is 4.72. The lowest BCUT2D eigenvalue weighted by Crippen LogP contribution is -2.19. The van der Waals surface area contributed by atoms with Gasteiger partial charge >= 0.3 is 0 Å². The highest BCUT2D eigenvalue weighted by Gasteiger charge is 2.23. The third-order valence-corrected chi connectivity index (χ3v) is 6.92. The second kappa shape index (κ2) is 12.6. The molecule has 1 fully saturated rings. The van der Waals surface area contributed by atoms with Crippen LogP contribution in [0, 0.1) is 0 Å².